The molecule has 0 aromatic heterocycles. The average molecular weight is 271 g/mol. The third-order valence-corrected chi connectivity index (χ3v) is 3.27. The molecule has 0 saturated carbocycles. The second kappa shape index (κ2) is 5.31. The van der Waals surface area contributed by atoms with Crippen molar-refractivity contribution in [1.82, 2.24) is 0 Å². The Kier molecular flexibility index (Phi) is 4.33. The molecule has 0 radical (unpaired) electrons. The number of halogens is 1. The Morgan fingerprint density at radius 3 is 2.73 bits per heavy atom. The zero-order valence-corrected chi connectivity index (χ0v) is 10.5. The Morgan fingerprint density at radius 2 is 2.20 bits per heavy atom. The highest BCUT2D eigenvalue weighted by Crippen LogP contribution is 2.24. The standard InChI is InChI=1S/C12H15BrO2/c1-3-9-5-4-6-11(13)10(9)7-8(2)12(14)15/h4-6,8H,3,7H2,1-2H3,(H,14,15)/t8-/m1/s1. The van der Waals surface area contributed by atoms with Gasteiger partial charge < -0.3 is 5.11 Å². The fraction of sp³-hybridized carbons (Fsp3) is 0.417. The van der Waals surface area contributed by atoms with E-state index in [2.05, 4.69) is 28.9 Å². The number of hydrogen-bond donors (Lipinski definition) is 1. The van der Waals surface area contributed by atoms with Gasteiger partial charge in [-0.3, -0.25) is 4.79 Å². The van der Waals surface area contributed by atoms with Crippen molar-refractivity contribution in [3.63, 3.8) is 0 Å². The molecule has 1 atom stereocenters. The van der Waals surface area contributed by atoms with Gasteiger partial charge in [-0.15, -0.1) is 0 Å². The van der Waals surface area contributed by atoms with Crippen LogP contribution < -0.4 is 0 Å². The van der Waals surface area contributed by atoms with Gasteiger partial charge in [-0.25, -0.2) is 0 Å². The second-order valence-electron chi connectivity index (χ2n) is 3.67. The molecule has 82 valence electrons. The number of aryl methyl sites for hydroxylation is 1. The van der Waals surface area contributed by atoms with Gasteiger partial charge in [0, 0.05) is 4.47 Å². The molecule has 1 aromatic carbocycles. The van der Waals surface area contributed by atoms with E-state index >= 15 is 0 Å². The Morgan fingerprint density at radius 1 is 1.53 bits per heavy atom. The molecule has 0 aliphatic heterocycles. The van der Waals surface area contributed by atoms with Crippen LogP contribution in [0.25, 0.3) is 0 Å². The highest BCUT2D eigenvalue weighted by atomic mass is 79.9. The topological polar surface area (TPSA) is 37.3 Å². The third kappa shape index (κ3) is 3.06. The number of carbonyl (C=O) groups is 1. The number of rotatable bonds is 4. The molecule has 1 aromatic rings. The summed E-state index contributed by atoms with van der Waals surface area (Å²) in [6.07, 6.45) is 1.51. The molecule has 0 spiro atoms. The predicted octanol–water partition coefficient (Wildman–Crippen LogP) is 3.27. The lowest BCUT2D eigenvalue weighted by molar-refractivity contribution is -0.141. The van der Waals surface area contributed by atoms with Crippen LogP contribution in [0.3, 0.4) is 0 Å². The van der Waals surface area contributed by atoms with Crippen molar-refractivity contribution in [3.05, 3.63) is 33.8 Å². The van der Waals surface area contributed by atoms with E-state index in [4.69, 9.17) is 5.11 Å². The average Bonchev–Trinajstić information content (AvgIpc) is 2.20. The molecule has 0 aliphatic rings. The van der Waals surface area contributed by atoms with Crippen LogP contribution in [0, 0.1) is 5.92 Å². The molecule has 0 bridgehead atoms. The molecule has 0 saturated heterocycles. The van der Waals surface area contributed by atoms with Crippen molar-refractivity contribution in [2.45, 2.75) is 26.7 Å². The maximum absolute atomic E-state index is 10.8. The molecule has 0 heterocycles. The van der Waals surface area contributed by atoms with Crippen LogP contribution >= 0.6 is 15.9 Å². The zero-order valence-electron chi connectivity index (χ0n) is 8.96. The van der Waals surface area contributed by atoms with Crippen molar-refractivity contribution in [2.75, 3.05) is 0 Å². The van der Waals surface area contributed by atoms with Gasteiger partial charge in [0.05, 0.1) is 5.92 Å². The summed E-state index contributed by atoms with van der Waals surface area (Å²) in [5.41, 5.74) is 2.34. The fourth-order valence-corrected chi connectivity index (χ4v) is 2.13. The van der Waals surface area contributed by atoms with E-state index in [1.54, 1.807) is 6.92 Å². The number of benzene rings is 1. The minimum Gasteiger partial charge on any atom is -0.481 e. The van der Waals surface area contributed by atoms with Crippen LogP contribution in [0.1, 0.15) is 25.0 Å². The molecule has 0 unspecified atom stereocenters. The molecule has 3 heteroatoms. The van der Waals surface area contributed by atoms with Gasteiger partial charge in [-0.1, -0.05) is 41.9 Å². The largest absolute Gasteiger partial charge is 0.481 e. The highest BCUT2D eigenvalue weighted by molar-refractivity contribution is 9.10. The van der Waals surface area contributed by atoms with E-state index in [1.165, 1.54) is 5.56 Å². The summed E-state index contributed by atoms with van der Waals surface area (Å²) >= 11 is 3.47. The maximum Gasteiger partial charge on any atom is 0.306 e. The number of carboxylic acid groups (broad SMARTS) is 1. The number of aliphatic carboxylic acids is 1. The molecule has 15 heavy (non-hydrogen) atoms. The van der Waals surface area contributed by atoms with E-state index in [0.29, 0.717) is 6.42 Å². The first kappa shape index (κ1) is 12.2. The van der Waals surface area contributed by atoms with Crippen molar-refractivity contribution in [1.29, 1.82) is 0 Å². The van der Waals surface area contributed by atoms with Crippen molar-refractivity contribution < 1.29 is 9.90 Å². The number of carboxylic acids is 1. The first-order valence-corrected chi connectivity index (χ1v) is 5.84. The second-order valence-corrected chi connectivity index (χ2v) is 4.53. The SMILES string of the molecule is CCc1cccc(Br)c1C[C@@H](C)C(=O)O. The molecular formula is C12H15BrO2. The van der Waals surface area contributed by atoms with Crippen molar-refractivity contribution in [3.8, 4) is 0 Å². The Bertz CT molecular complexity index is 361. The van der Waals surface area contributed by atoms with E-state index in [0.717, 1.165) is 16.5 Å². The van der Waals surface area contributed by atoms with E-state index in [9.17, 15) is 4.79 Å². The van der Waals surface area contributed by atoms with Gasteiger partial charge in [0.25, 0.3) is 0 Å². The summed E-state index contributed by atoms with van der Waals surface area (Å²) in [4.78, 5) is 10.8. The molecular weight excluding hydrogens is 256 g/mol. The molecule has 0 amide bonds. The lowest BCUT2D eigenvalue weighted by atomic mass is 9.96. The minimum atomic E-state index is -0.743. The molecule has 2 nitrogen and oxygen atoms in total. The summed E-state index contributed by atoms with van der Waals surface area (Å²) in [5, 5.41) is 8.88. The van der Waals surface area contributed by atoms with Crippen LogP contribution in [-0.4, -0.2) is 11.1 Å². The van der Waals surface area contributed by atoms with Crippen LogP contribution in [0.5, 0.6) is 0 Å². The smallest absolute Gasteiger partial charge is 0.306 e. The first-order chi connectivity index (χ1) is 7.06. The fourth-order valence-electron chi connectivity index (χ4n) is 1.56. The lowest BCUT2D eigenvalue weighted by Crippen LogP contribution is -2.13. The molecule has 1 rings (SSSR count). The normalized spacial score (nSPS) is 12.5. The Balaban J connectivity index is 2.97. The molecule has 0 fully saturated rings. The summed E-state index contributed by atoms with van der Waals surface area (Å²) in [6.45, 7) is 3.82. The maximum atomic E-state index is 10.8. The molecule has 1 N–H and O–H groups in total. The highest BCUT2D eigenvalue weighted by Gasteiger charge is 2.15. The minimum absolute atomic E-state index is 0.339. The van der Waals surface area contributed by atoms with Gasteiger partial charge in [0.15, 0.2) is 0 Å². The van der Waals surface area contributed by atoms with Crippen molar-refractivity contribution in [2.24, 2.45) is 5.92 Å². The monoisotopic (exact) mass is 270 g/mol. The summed E-state index contributed by atoms with van der Waals surface area (Å²) in [5.74, 6) is -1.08. The lowest BCUT2D eigenvalue weighted by Gasteiger charge is -2.12. The van der Waals surface area contributed by atoms with Crippen LogP contribution in [0.4, 0.5) is 0 Å². The predicted molar refractivity (Wildman–Crippen MR) is 64.0 cm³/mol. The van der Waals surface area contributed by atoms with Gasteiger partial charge >= 0.3 is 5.97 Å². The van der Waals surface area contributed by atoms with Gasteiger partial charge in [0.1, 0.15) is 0 Å². The van der Waals surface area contributed by atoms with Gasteiger partial charge in [0.2, 0.25) is 0 Å². The van der Waals surface area contributed by atoms with Crippen LogP contribution in [-0.2, 0) is 17.6 Å². The summed E-state index contributed by atoms with van der Waals surface area (Å²) in [6, 6.07) is 6.00. The van der Waals surface area contributed by atoms with Gasteiger partial charge in [-0.05, 0) is 30.0 Å². The van der Waals surface area contributed by atoms with Crippen LogP contribution in [0.15, 0.2) is 22.7 Å². The van der Waals surface area contributed by atoms with E-state index < -0.39 is 5.97 Å². The Hall–Kier alpha value is -0.830. The third-order valence-electron chi connectivity index (χ3n) is 2.53. The Labute approximate surface area is 98.4 Å². The zero-order chi connectivity index (χ0) is 11.4. The summed E-state index contributed by atoms with van der Waals surface area (Å²) in [7, 11) is 0. The van der Waals surface area contributed by atoms with Crippen molar-refractivity contribution >= 4 is 21.9 Å². The van der Waals surface area contributed by atoms with E-state index in [-0.39, 0.29) is 5.92 Å². The number of hydrogen-bond acceptors (Lipinski definition) is 1. The quantitative estimate of drug-likeness (QED) is 0.912. The summed E-state index contributed by atoms with van der Waals surface area (Å²) < 4.78 is 1.01. The van der Waals surface area contributed by atoms with Gasteiger partial charge in [-0.2, -0.15) is 0 Å². The first-order valence-electron chi connectivity index (χ1n) is 5.05. The van der Waals surface area contributed by atoms with Crippen LogP contribution in [0.2, 0.25) is 0 Å². The molecule has 0 aliphatic carbocycles. The van der Waals surface area contributed by atoms with E-state index in [1.807, 2.05) is 12.1 Å².